The Morgan fingerprint density at radius 1 is 1.10 bits per heavy atom. The Hall–Kier alpha value is -1.61. The number of hydrogen-bond donors (Lipinski definition) is 1. The van der Waals surface area contributed by atoms with Crippen LogP contribution in [0, 0.1) is 13.8 Å². The molecule has 1 aromatic heterocycles. The van der Waals surface area contributed by atoms with Crippen LogP contribution in [0.5, 0.6) is 0 Å². The monoisotopic (exact) mass is 285 g/mol. The van der Waals surface area contributed by atoms with Crippen LogP contribution in [0.3, 0.4) is 0 Å². The summed E-state index contributed by atoms with van der Waals surface area (Å²) >= 11 is 0. The van der Waals surface area contributed by atoms with E-state index in [1.54, 1.807) is 0 Å². The summed E-state index contributed by atoms with van der Waals surface area (Å²) < 4.78 is 1.94. The first-order valence-corrected chi connectivity index (χ1v) is 7.72. The van der Waals surface area contributed by atoms with Crippen molar-refractivity contribution in [1.82, 2.24) is 9.78 Å². The summed E-state index contributed by atoms with van der Waals surface area (Å²) in [6.07, 6.45) is 1.80. The van der Waals surface area contributed by atoms with Gasteiger partial charge in [-0.05, 0) is 49.3 Å². The van der Waals surface area contributed by atoms with Crippen LogP contribution in [0.4, 0.5) is 0 Å². The summed E-state index contributed by atoms with van der Waals surface area (Å²) in [6.45, 7) is 8.61. The molecule has 3 heteroatoms. The predicted octanol–water partition coefficient (Wildman–Crippen LogP) is 3.27. The van der Waals surface area contributed by atoms with E-state index in [0.29, 0.717) is 5.92 Å². The van der Waals surface area contributed by atoms with Gasteiger partial charge >= 0.3 is 0 Å². The van der Waals surface area contributed by atoms with E-state index in [2.05, 4.69) is 57.1 Å². The first-order valence-electron chi connectivity index (χ1n) is 7.72. The molecule has 2 aromatic rings. The Balaban J connectivity index is 2.02. The van der Waals surface area contributed by atoms with Crippen molar-refractivity contribution in [3.8, 4) is 0 Å². The maximum absolute atomic E-state index is 6.35. The van der Waals surface area contributed by atoms with Crippen LogP contribution in [-0.2, 0) is 19.9 Å². The molecule has 2 N–H and O–H groups in total. The molecule has 114 valence electrons. The summed E-state index contributed by atoms with van der Waals surface area (Å²) in [6, 6.07) is 8.98. The Morgan fingerprint density at radius 3 is 2.19 bits per heavy atom. The molecule has 2 rings (SSSR count). The molecule has 21 heavy (non-hydrogen) atoms. The van der Waals surface area contributed by atoms with E-state index in [0.717, 1.165) is 18.5 Å². The zero-order chi connectivity index (χ0) is 15.6. The Bertz CT molecular complexity index is 594. The predicted molar refractivity (Wildman–Crippen MR) is 88.6 cm³/mol. The van der Waals surface area contributed by atoms with Crippen LogP contribution in [0.1, 0.15) is 47.8 Å². The molecular weight excluding hydrogens is 258 g/mol. The van der Waals surface area contributed by atoms with Gasteiger partial charge < -0.3 is 5.73 Å². The molecule has 0 bridgehead atoms. The fourth-order valence-corrected chi connectivity index (χ4v) is 2.79. The van der Waals surface area contributed by atoms with E-state index in [9.17, 15) is 0 Å². The van der Waals surface area contributed by atoms with Crippen molar-refractivity contribution in [2.75, 3.05) is 0 Å². The molecule has 0 aliphatic rings. The standard InChI is InChI=1S/C18H27N3/c1-12(2)16-8-6-15(7-9-16)10-17(19)11-18-13(3)20-21(5)14(18)4/h6-9,12,17H,10-11,19H2,1-5H3. The van der Waals surface area contributed by atoms with E-state index < -0.39 is 0 Å². The fourth-order valence-electron chi connectivity index (χ4n) is 2.79. The SMILES string of the molecule is Cc1nn(C)c(C)c1CC(N)Cc1ccc(C(C)C)cc1. The van der Waals surface area contributed by atoms with Gasteiger partial charge in [-0.15, -0.1) is 0 Å². The Labute approximate surface area is 128 Å². The van der Waals surface area contributed by atoms with E-state index >= 15 is 0 Å². The van der Waals surface area contributed by atoms with Gasteiger partial charge in [0.2, 0.25) is 0 Å². The first kappa shape index (κ1) is 15.8. The molecule has 1 atom stereocenters. The van der Waals surface area contributed by atoms with Crippen molar-refractivity contribution in [3.05, 3.63) is 52.3 Å². The molecule has 1 aromatic carbocycles. The van der Waals surface area contributed by atoms with E-state index in [1.807, 2.05) is 11.7 Å². The largest absolute Gasteiger partial charge is 0.327 e. The van der Waals surface area contributed by atoms with Gasteiger partial charge in [0.05, 0.1) is 5.69 Å². The first-order chi connectivity index (χ1) is 9.88. The summed E-state index contributed by atoms with van der Waals surface area (Å²) in [5.41, 5.74) is 12.7. The Morgan fingerprint density at radius 2 is 1.71 bits per heavy atom. The maximum Gasteiger partial charge on any atom is 0.0628 e. The maximum atomic E-state index is 6.35. The van der Waals surface area contributed by atoms with Crippen LogP contribution < -0.4 is 5.73 Å². The van der Waals surface area contributed by atoms with Gasteiger partial charge in [0.15, 0.2) is 0 Å². The lowest BCUT2D eigenvalue weighted by molar-refractivity contribution is 0.658. The van der Waals surface area contributed by atoms with Crippen molar-refractivity contribution < 1.29 is 0 Å². The van der Waals surface area contributed by atoms with Gasteiger partial charge in [-0.3, -0.25) is 4.68 Å². The summed E-state index contributed by atoms with van der Waals surface area (Å²) in [7, 11) is 1.99. The van der Waals surface area contributed by atoms with Gasteiger partial charge in [0, 0.05) is 18.8 Å². The lowest BCUT2D eigenvalue weighted by Crippen LogP contribution is -2.26. The highest BCUT2D eigenvalue weighted by Gasteiger charge is 2.13. The summed E-state index contributed by atoms with van der Waals surface area (Å²) in [5.74, 6) is 0.577. The minimum absolute atomic E-state index is 0.136. The molecule has 0 amide bonds. The van der Waals surface area contributed by atoms with E-state index in [1.165, 1.54) is 22.4 Å². The van der Waals surface area contributed by atoms with Gasteiger partial charge in [0.1, 0.15) is 0 Å². The van der Waals surface area contributed by atoms with Gasteiger partial charge in [-0.25, -0.2) is 0 Å². The molecular formula is C18H27N3. The number of benzene rings is 1. The normalized spacial score (nSPS) is 12.9. The van der Waals surface area contributed by atoms with E-state index in [-0.39, 0.29) is 6.04 Å². The molecule has 0 spiro atoms. The lowest BCUT2D eigenvalue weighted by atomic mass is 9.96. The highest BCUT2D eigenvalue weighted by Crippen LogP contribution is 2.18. The topological polar surface area (TPSA) is 43.8 Å². The number of aryl methyl sites for hydroxylation is 2. The van der Waals surface area contributed by atoms with Crippen LogP contribution in [0.15, 0.2) is 24.3 Å². The Kier molecular flexibility index (Phi) is 4.84. The number of hydrogen-bond acceptors (Lipinski definition) is 2. The van der Waals surface area contributed by atoms with E-state index in [4.69, 9.17) is 5.73 Å². The van der Waals surface area contributed by atoms with Gasteiger partial charge in [-0.1, -0.05) is 38.1 Å². The van der Waals surface area contributed by atoms with Gasteiger partial charge in [-0.2, -0.15) is 5.10 Å². The van der Waals surface area contributed by atoms with Crippen LogP contribution in [0.25, 0.3) is 0 Å². The minimum atomic E-state index is 0.136. The number of aromatic nitrogens is 2. The van der Waals surface area contributed by atoms with Crippen molar-refractivity contribution >= 4 is 0 Å². The average Bonchev–Trinajstić information content (AvgIpc) is 2.66. The third-order valence-electron chi connectivity index (χ3n) is 4.27. The number of nitrogens with two attached hydrogens (primary N) is 1. The highest BCUT2D eigenvalue weighted by molar-refractivity contribution is 5.28. The van der Waals surface area contributed by atoms with Crippen molar-refractivity contribution in [2.45, 2.75) is 52.5 Å². The molecule has 0 saturated heterocycles. The molecule has 1 heterocycles. The van der Waals surface area contributed by atoms with Gasteiger partial charge in [0.25, 0.3) is 0 Å². The number of rotatable bonds is 5. The molecule has 0 fully saturated rings. The molecule has 3 nitrogen and oxygen atoms in total. The molecule has 0 aliphatic heterocycles. The molecule has 0 aliphatic carbocycles. The van der Waals surface area contributed by atoms with Crippen LogP contribution >= 0.6 is 0 Å². The average molecular weight is 285 g/mol. The third-order valence-corrected chi connectivity index (χ3v) is 4.27. The zero-order valence-electron chi connectivity index (χ0n) is 13.9. The van der Waals surface area contributed by atoms with Crippen molar-refractivity contribution in [1.29, 1.82) is 0 Å². The summed E-state index contributed by atoms with van der Waals surface area (Å²) in [4.78, 5) is 0. The molecule has 1 unspecified atom stereocenters. The minimum Gasteiger partial charge on any atom is -0.327 e. The third kappa shape index (κ3) is 3.73. The van der Waals surface area contributed by atoms with Crippen LogP contribution in [-0.4, -0.2) is 15.8 Å². The molecule has 0 saturated carbocycles. The molecule has 0 radical (unpaired) electrons. The second kappa shape index (κ2) is 6.44. The smallest absolute Gasteiger partial charge is 0.0628 e. The highest BCUT2D eigenvalue weighted by atomic mass is 15.3. The van der Waals surface area contributed by atoms with Crippen molar-refractivity contribution in [3.63, 3.8) is 0 Å². The second-order valence-corrected chi connectivity index (χ2v) is 6.34. The number of nitrogens with zero attached hydrogens (tertiary/aromatic N) is 2. The quantitative estimate of drug-likeness (QED) is 0.916. The lowest BCUT2D eigenvalue weighted by Gasteiger charge is -2.13. The fraction of sp³-hybridized carbons (Fsp3) is 0.500. The summed E-state index contributed by atoms with van der Waals surface area (Å²) in [5, 5.41) is 4.46. The zero-order valence-corrected chi connectivity index (χ0v) is 13.9. The van der Waals surface area contributed by atoms with Crippen LogP contribution in [0.2, 0.25) is 0 Å². The second-order valence-electron chi connectivity index (χ2n) is 6.34. The van der Waals surface area contributed by atoms with Crippen molar-refractivity contribution in [2.24, 2.45) is 12.8 Å².